The lowest BCUT2D eigenvalue weighted by molar-refractivity contribution is -0.132. The molecule has 6 heteroatoms. The average molecular weight is 448 g/mol. The Balaban J connectivity index is 1.75. The number of para-hydroxylation sites is 1. The van der Waals surface area contributed by atoms with Crippen molar-refractivity contribution in [3.8, 4) is 0 Å². The molecule has 166 valence electrons. The smallest absolute Gasteiger partial charge is 0.322 e. The van der Waals surface area contributed by atoms with Crippen molar-refractivity contribution < 1.29 is 9.59 Å². The van der Waals surface area contributed by atoms with Crippen LogP contribution < -0.4 is 5.32 Å². The first-order valence-electron chi connectivity index (χ1n) is 10.6. The number of nitrogens with zero attached hydrogens (tertiary/aromatic N) is 2. The zero-order valence-electron chi connectivity index (χ0n) is 18.6. The van der Waals surface area contributed by atoms with Gasteiger partial charge in [-0.15, -0.1) is 17.9 Å². The van der Waals surface area contributed by atoms with Gasteiger partial charge in [0, 0.05) is 28.5 Å². The normalized spacial score (nSPS) is 10.4. The Morgan fingerprint density at radius 1 is 0.938 bits per heavy atom. The Hall–Kier alpha value is -3.38. The molecule has 0 fully saturated rings. The SMILES string of the molecule is C=CCN(CC(=O)N(Cc1ccccc1)Cc1ccc(C)s1)C(=O)Nc1ccccc1C. The summed E-state index contributed by atoms with van der Waals surface area (Å²) < 4.78 is 0. The van der Waals surface area contributed by atoms with E-state index >= 15 is 0 Å². The van der Waals surface area contributed by atoms with E-state index in [2.05, 4.69) is 31.0 Å². The van der Waals surface area contributed by atoms with E-state index in [1.54, 1.807) is 22.3 Å². The maximum Gasteiger partial charge on any atom is 0.322 e. The molecule has 1 heterocycles. The van der Waals surface area contributed by atoms with Crippen LogP contribution in [-0.4, -0.2) is 34.8 Å². The van der Waals surface area contributed by atoms with Gasteiger partial charge >= 0.3 is 6.03 Å². The number of rotatable bonds is 9. The van der Waals surface area contributed by atoms with Crippen LogP contribution in [-0.2, 0) is 17.9 Å². The summed E-state index contributed by atoms with van der Waals surface area (Å²) in [4.78, 5) is 31.9. The van der Waals surface area contributed by atoms with Gasteiger partial charge in [0.15, 0.2) is 0 Å². The Labute approximate surface area is 194 Å². The molecule has 0 unspecified atom stereocenters. The standard InChI is InChI=1S/C26H29N3O2S/c1-4-16-28(26(31)27-24-13-9-8-10-20(24)2)19-25(30)29(17-22-11-6-5-7-12-22)18-23-15-14-21(3)32-23/h4-15H,1,16-19H2,2-3H3,(H,27,31). The summed E-state index contributed by atoms with van der Waals surface area (Å²) in [5.74, 6) is -0.110. The van der Waals surface area contributed by atoms with Crippen LogP contribution >= 0.6 is 11.3 Å². The van der Waals surface area contributed by atoms with Crippen molar-refractivity contribution >= 4 is 29.0 Å². The predicted octanol–water partition coefficient (Wildman–Crippen LogP) is 5.61. The highest BCUT2D eigenvalue weighted by Crippen LogP contribution is 2.19. The zero-order chi connectivity index (χ0) is 22.9. The summed E-state index contributed by atoms with van der Waals surface area (Å²) in [6.45, 7) is 8.98. The van der Waals surface area contributed by atoms with Crippen LogP contribution in [0.5, 0.6) is 0 Å². The number of anilines is 1. The number of carbonyl (C=O) groups is 2. The number of amides is 3. The van der Waals surface area contributed by atoms with Gasteiger partial charge in [0.25, 0.3) is 0 Å². The molecule has 2 aromatic carbocycles. The second kappa shape index (κ2) is 11.3. The Morgan fingerprint density at radius 2 is 1.66 bits per heavy atom. The molecule has 0 atom stereocenters. The first-order valence-corrected chi connectivity index (χ1v) is 11.4. The van der Waals surface area contributed by atoms with Crippen LogP contribution in [0.1, 0.15) is 20.9 Å². The minimum Gasteiger partial charge on any atom is -0.332 e. The third-order valence-electron chi connectivity index (χ3n) is 5.06. The van der Waals surface area contributed by atoms with Crippen LogP contribution in [0.15, 0.2) is 79.4 Å². The van der Waals surface area contributed by atoms with Crippen LogP contribution in [0.4, 0.5) is 10.5 Å². The number of nitrogens with one attached hydrogen (secondary N) is 1. The quantitative estimate of drug-likeness (QED) is 0.433. The summed E-state index contributed by atoms with van der Waals surface area (Å²) in [6, 6.07) is 21.3. The van der Waals surface area contributed by atoms with E-state index in [0.29, 0.717) is 13.1 Å². The molecule has 0 spiro atoms. The van der Waals surface area contributed by atoms with Gasteiger partial charge in [-0.25, -0.2) is 4.79 Å². The second-order valence-electron chi connectivity index (χ2n) is 7.66. The van der Waals surface area contributed by atoms with Gasteiger partial charge < -0.3 is 15.1 Å². The number of hydrogen-bond acceptors (Lipinski definition) is 3. The van der Waals surface area contributed by atoms with Crippen LogP contribution in [0, 0.1) is 13.8 Å². The summed E-state index contributed by atoms with van der Waals surface area (Å²) in [6.07, 6.45) is 1.63. The molecule has 1 N–H and O–H groups in total. The van der Waals surface area contributed by atoms with Crippen LogP contribution in [0.25, 0.3) is 0 Å². The molecule has 3 aromatic rings. The van der Waals surface area contributed by atoms with E-state index in [4.69, 9.17) is 0 Å². The Morgan fingerprint density at radius 3 is 2.31 bits per heavy atom. The topological polar surface area (TPSA) is 52.7 Å². The number of thiophene rings is 1. The molecule has 0 aliphatic carbocycles. The van der Waals surface area contributed by atoms with E-state index in [-0.39, 0.29) is 25.0 Å². The van der Waals surface area contributed by atoms with Crippen molar-refractivity contribution in [1.29, 1.82) is 0 Å². The minimum atomic E-state index is -0.320. The van der Waals surface area contributed by atoms with Crippen molar-refractivity contribution in [1.82, 2.24) is 9.80 Å². The van der Waals surface area contributed by atoms with E-state index in [9.17, 15) is 9.59 Å². The molecule has 1 aromatic heterocycles. The molecule has 0 saturated carbocycles. The minimum absolute atomic E-state index is 0.0269. The number of aryl methyl sites for hydroxylation is 2. The van der Waals surface area contributed by atoms with Crippen molar-refractivity contribution in [2.24, 2.45) is 0 Å². The average Bonchev–Trinajstić information content (AvgIpc) is 3.19. The number of urea groups is 1. The third-order valence-corrected chi connectivity index (χ3v) is 6.05. The van der Waals surface area contributed by atoms with Gasteiger partial charge in [0.1, 0.15) is 6.54 Å². The zero-order valence-corrected chi connectivity index (χ0v) is 19.4. The number of benzene rings is 2. The van der Waals surface area contributed by atoms with E-state index in [1.165, 1.54) is 9.78 Å². The molecule has 0 aliphatic heterocycles. The highest BCUT2D eigenvalue weighted by atomic mass is 32.1. The lowest BCUT2D eigenvalue weighted by Crippen LogP contribution is -2.44. The van der Waals surface area contributed by atoms with Gasteiger partial charge in [-0.3, -0.25) is 4.79 Å². The third kappa shape index (κ3) is 6.56. The largest absolute Gasteiger partial charge is 0.332 e. The van der Waals surface area contributed by atoms with Crippen molar-refractivity contribution in [3.63, 3.8) is 0 Å². The van der Waals surface area contributed by atoms with E-state index in [0.717, 1.165) is 21.7 Å². The lowest BCUT2D eigenvalue weighted by atomic mass is 10.2. The monoisotopic (exact) mass is 447 g/mol. The van der Waals surface area contributed by atoms with Gasteiger partial charge in [-0.1, -0.05) is 54.6 Å². The molecular formula is C26H29N3O2S. The van der Waals surface area contributed by atoms with Crippen LogP contribution in [0.3, 0.4) is 0 Å². The summed E-state index contributed by atoms with van der Waals surface area (Å²) in [7, 11) is 0. The number of hydrogen-bond donors (Lipinski definition) is 1. The first kappa shape index (κ1) is 23.3. The lowest BCUT2D eigenvalue weighted by Gasteiger charge is -2.27. The Kier molecular flexibility index (Phi) is 8.22. The summed E-state index contributed by atoms with van der Waals surface area (Å²) in [5.41, 5.74) is 2.74. The molecule has 0 radical (unpaired) electrons. The highest BCUT2D eigenvalue weighted by Gasteiger charge is 2.22. The van der Waals surface area contributed by atoms with E-state index in [1.807, 2.05) is 61.5 Å². The maximum atomic E-state index is 13.3. The van der Waals surface area contributed by atoms with Crippen LogP contribution in [0.2, 0.25) is 0 Å². The molecule has 0 aliphatic rings. The Bertz CT molecular complexity index is 1060. The molecule has 32 heavy (non-hydrogen) atoms. The van der Waals surface area contributed by atoms with Crippen molar-refractivity contribution in [3.05, 3.63) is 100 Å². The number of carbonyl (C=O) groups excluding carboxylic acids is 2. The van der Waals surface area contributed by atoms with E-state index < -0.39 is 0 Å². The summed E-state index contributed by atoms with van der Waals surface area (Å²) >= 11 is 1.68. The van der Waals surface area contributed by atoms with Crippen molar-refractivity contribution in [2.75, 3.05) is 18.4 Å². The maximum absolute atomic E-state index is 13.3. The molecular weight excluding hydrogens is 418 g/mol. The van der Waals surface area contributed by atoms with Gasteiger partial charge in [-0.05, 0) is 43.2 Å². The molecule has 0 bridgehead atoms. The predicted molar refractivity (Wildman–Crippen MR) is 132 cm³/mol. The second-order valence-corrected chi connectivity index (χ2v) is 9.03. The molecule has 3 amide bonds. The van der Waals surface area contributed by atoms with Gasteiger partial charge in [0.2, 0.25) is 5.91 Å². The fourth-order valence-electron chi connectivity index (χ4n) is 3.34. The molecule has 5 nitrogen and oxygen atoms in total. The van der Waals surface area contributed by atoms with Gasteiger partial charge in [-0.2, -0.15) is 0 Å². The molecule has 3 rings (SSSR count). The van der Waals surface area contributed by atoms with Gasteiger partial charge in [0.05, 0.1) is 6.54 Å². The fraction of sp³-hybridized carbons (Fsp3) is 0.231. The highest BCUT2D eigenvalue weighted by molar-refractivity contribution is 7.11. The fourth-order valence-corrected chi connectivity index (χ4v) is 4.25. The summed E-state index contributed by atoms with van der Waals surface area (Å²) in [5, 5.41) is 2.91. The first-order chi connectivity index (χ1) is 15.5. The van der Waals surface area contributed by atoms with Crippen molar-refractivity contribution in [2.45, 2.75) is 26.9 Å². The molecule has 0 saturated heterocycles.